The maximum absolute atomic E-state index is 11.1. The third kappa shape index (κ3) is 2.99. The van der Waals surface area contributed by atoms with Crippen LogP contribution in [0, 0.1) is 10.1 Å². The molecule has 3 aliphatic rings. The number of rotatable bonds is 5. The molecule has 0 saturated carbocycles. The topological polar surface area (TPSA) is 81.9 Å². The summed E-state index contributed by atoms with van der Waals surface area (Å²) >= 11 is 0. The molecule has 21 heavy (non-hydrogen) atoms. The predicted molar refractivity (Wildman–Crippen MR) is 79.3 cm³/mol. The Bertz CT molecular complexity index is 529. The fourth-order valence-electron chi connectivity index (χ4n) is 3.13. The largest absolute Gasteiger partial charge is 0.392 e. The summed E-state index contributed by atoms with van der Waals surface area (Å²) in [6.45, 7) is 5.98. The van der Waals surface area contributed by atoms with Gasteiger partial charge in [0.05, 0.1) is 11.5 Å². The fourth-order valence-corrected chi connectivity index (χ4v) is 3.13. The number of hydrogen-bond acceptors (Lipinski definition) is 6. The molecule has 3 aliphatic heterocycles. The molecule has 0 amide bonds. The quantitative estimate of drug-likeness (QED) is 0.607. The number of hydrogen-bond donors (Lipinski definition) is 2. The van der Waals surface area contributed by atoms with Crippen molar-refractivity contribution in [3.8, 4) is 0 Å². The van der Waals surface area contributed by atoms with Gasteiger partial charge >= 0.3 is 0 Å². The van der Waals surface area contributed by atoms with Crippen molar-refractivity contribution in [3.63, 3.8) is 0 Å². The highest BCUT2D eigenvalue weighted by molar-refractivity contribution is 5.62. The van der Waals surface area contributed by atoms with Crippen LogP contribution >= 0.6 is 0 Å². The van der Waals surface area contributed by atoms with Crippen LogP contribution in [0.4, 0.5) is 11.4 Å². The van der Waals surface area contributed by atoms with Crippen LogP contribution in [0.5, 0.6) is 0 Å². The van der Waals surface area contributed by atoms with Crippen molar-refractivity contribution in [1.82, 2.24) is 9.80 Å². The molecule has 7 heteroatoms. The molecular weight excluding hydrogens is 272 g/mol. The Hall–Kier alpha value is -1.70. The molecule has 3 fully saturated rings. The van der Waals surface area contributed by atoms with E-state index < -0.39 is 0 Å². The van der Waals surface area contributed by atoms with E-state index in [2.05, 4.69) is 15.1 Å². The maximum Gasteiger partial charge on any atom is 0.292 e. The Balaban J connectivity index is 1.70. The lowest BCUT2D eigenvalue weighted by molar-refractivity contribution is -0.384. The van der Waals surface area contributed by atoms with Crippen LogP contribution in [-0.4, -0.2) is 65.1 Å². The highest BCUT2D eigenvalue weighted by Gasteiger charge is 2.31. The maximum atomic E-state index is 11.1. The van der Waals surface area contributed by atoms with Gasteiger partial charge in [0, 0.05) is 51.4 Å². The minimum atomic E-state index is -0.389. The van der Waals surface area contributed by atoms with Gasteiger partial charge in [-0.15, -0.1) is 0 Å². The van der Waals surface area contributed by atoms with E-state index in [1.54, 1.807) is 12.1 Å². The van der Waals surface area contributed by atoms with Crippen LogP contribution in [0.2, 0.25) is 0 Å². The number of anilines is 1. The summed E-state index contributed by atoms with van der Waals surface area (Å²) in [7, 11) is 0. The first kappa shape index (κ1) is 14.2. The van der Waals surface area contributed by atoms with Crippen LogP contribution < -0.4 is 5.32 Å². The van der Waals surface area contributed by atoms with E-state index in [9.17, 15) is 15.2 Å². The number of fused-ring (bicyclic) bond motifs is 3. The molecule has 0 aliphatic carbocycles. The molecule has 3 saturated heterocycles. The number of benzene rings is 1. The van der Waals surface area contributed by atoms with Gasteiger partial charge in [0.15, 0.2) is 0 Å². The monoisotopic (exact) mass is 292 g/mol. The van der Waals surface area contributed by atoms with Crippen molar-refractivity contribution in [3.05, 3.63) is 33.9 Å². The molecule has 2 N–H and O–H groups in total. The fraction of sp³-hybridized carbons (Fsp3) is 0.571. The number of nitro benzene ring substituents is 1. The minimum Gasteiger partial charge on any atom is -0.392 e. The second-order valence-electron chi connectivity index (χ2n) is 5.64. The minimum absolute atomic E-state index is 0.0588. The van der Waals surface area contributed by atoms with Crippen LogP contribution in [0.3, 0.4) is 0 Å². The first-order valence-corrected chi connectivity index (χ1v) is 7.26. The summed E-state index contributed by atoms with van der Waals surface area (Å²) in [4.78, 5) is 15.6. The van der Waals surface area contributed by atoms with Crippen LogP contribution in [-0.2, 0) is 6.61 Å². The average Bonchev–Trinajstić information content (AvgIpc) is 2.53. The lowest BCUT2D eigenvalue weighted by atomic mass is 10.1. The highest BCUT2D eigenvalue weighted by Crippen LogP contribution is 2.26. The first-order chi connectivity index (χ1) is 10.2. The van der Waals surface area contributed by atoms with Gasteiger partial charge in [0.2, 0.25) is 0 Å². The molecule has 1 aromatic rings. The van der Waals surface area contributed by atoms with Crippen LogP contribution in [0.25, 0.3) is 0 Å². The Labute approximate surface area is 123 Å². The molecule has 4 rings (SSSR count). The van der Waals surface area contributed by atoms with E-state index in [-0.39, 0.29) is 17.2 Å². The van der Waals surface area contributed by atoms with Crippen molar-refractivity contribution < 1.29 is 10.0 Å². The lowest BCUT2D eigenvalue weighted by Gasteiger charge is -2.47. The Morgan fingerprint density at radius 1 is 1.33 bits per heavy atom. The number of nitrogens with zero attached hydrogens (tertiary/aromatic N) is 3. The molecule has 1 atom stereocenters. The van der Waals surface area contributed by atoms with Crippen molar-refractivity contribution in [2.45, 2.75) is 12.6 Å². The summed E-state index contributed by atoms with van der Waals surface area (Å²) in [6.07, 6.45) is 0. The first-order valence-electron chi connectivity index (χ1n) is 7.26. The lowest BCUT2D eigenvalue weighted by Crippen LogP contribution is -2.62. The summed E-state index contributed by atoms with van der Waals surface area (Å²) in [5.41, 5.74) is 1.23. The standard InChI is InChI=1S/C14H20N4O3/c19-10-11-1-2-14(18(20)21)13(7-11)15-8-12-9-16-3-5-17(12)6-4-16/h1-2,7,12,15,19H,3-6,8-10H2. The third-order valence-corrected chi connectivity index (χ3v) is 4.36. The van der Waals surface area contributed by atoms with Gasteiger partial charge in [-0.25, -0.2) is 0 Å². The summed E-state index contributed by atoms with van der Waals surface area (Å²) in [5.74, 6) is 0. The molecule has 0 aromatic heterocycles. The molecule has 7 nitrogen and oxygen atoms in total. The molecular formula is C14H20N4O3. The van der Waals surface area contributed by atoms with Gasteiger partial charge in [0.1, 0.15) is 5.69 Å². The Morgan fingerprint density at radius 3 is 2.67 bits per heavy atom. The van der Waals surface area contributed by atoms with Crippen molar-refractivity contribution >= 4 is 11.4 Å². The van der Waals surface area contributed by atoms with E-state index in [0.29, 0.717) is 23.8 Å². The zero-order valence-electron chi connectivity index (χ0n) is 11.9. The van der Waals surface area contributed by atoms with Crippen molar-refractivity contribution in [1.29, 1.82) is 0 Å². The summed E-state index contributed by atoms with van der Waals surface area (Å²) < 4.78 is 0. The third-order valence-electron chi connectivity index (χ3n) is 4.36. The van der Waals surface area contributed by atoms with E-state index in [4.69, 9.17) is 0 Å². The number of nitrogens with one attached hydrogen (secondary N) is 1. The molecule has 114 valence electrons. The van der Waals surface area contributed by atoms with Crippen molar-refractivity contribution in [2.75, 3.05) is 44.6 Å². The van der Waals surface area contributed by atoms with Gasteiger partial charge in [-0.2, -0.15) is 0 Å². The highest BCUT2D eigenvalue weighted by atomic mass is 16.6. The Kier molecular flexibility index (Phi) is 4.05. The van der Waals surface area contributed by atoms with Gasteiger partial charge < -0.3 is 10.4 Å². The number of piperazine rings is 3. The zero-order chi connectivity index (χ0) is 14.8. The molecule has 1 unspecified atom stereocenters. The number of aliphatic hydroxyl groups is 1. The molecule has 1 aromatic carbocycles. The van der Waals surface area contributed by atoms with Crippen LogP contribution in [0.1, 0.15) is 5.56 Å². The second-order valence-corrected chi connectivity index (χ2v) is 5.64. The number of aliphatic hydroxyl groups excluding tert-OH is 1. The Morgan fingerprint density at radius 2 is 2.10 bits per heavy atom. The summed E-state index contributed by atoms with van der Waals surface area (Å²) in [6, 6.07) is 5.09. The van der Waals surface area contributed by atoms with E-state index in [0.717, 1.165) is 32.7 Å². The van der Waals surface area contributed by atoms with E-state index >= 15 is 0 Å². The smallest absolute Gasteiger partial charge is 0.292 e. The molecule has 3 heterocycles. The molecule has 0 radical (unpaired) electrons. The van der Waals surface area contributed by atoms with Crippen LogP contribution in [0.15, 0.2) is 18.2 Å². The van der Waals surface area contributed by atoms with Gasteiger partial charge in [0.25, 0.3) is 5.69 Å². The molecule has 2 bridgehead atoms. The SMILES string of the molecule is O=[N+]([O-])c1ccc(CO)cc1NCC1CN2CCN1CC2. The van der Waals surface area contributed by atoms with Crippen molar-refractivity contribution in [2.24, 2.45) is 0 Å². The normalized spacial score (nSPS) is 27.6. The van der Waals surface area contributed by atoms with Gasteiger partial charge in [-0.1, -0.05) is 0 Å². The van der Waals surface area contributed by atoms with E-state index in [1.165, 1.54) is 6.07 Å². The van der Waals surface area contributed by atoms with Gasteiger partial charge in [-0.05, 0) is 17.7 Å². The second kappa shape index (κ2) is 5.97. The van der Waals surface area contributed by atoms with E-state index in [1.807, 2.05) is 0 Å². The molecule has 0 spiro atoms. The van der Waals surface area contributed by atoms with Gasteiger partial charge in [-0.3, -0.25) is 19.9 Å². The zero-order valence-corrected chi connectivity index (χ0v) is 11.9. The predicted octanol–water partition coefficient (Wildman–Crippen LogP) is 0.499. The summed E-state index contributed by atoms with van der Waals surface area (Å²) in [5, 5.41) is 23.5. The number of nitro groups is 1. The average molecular weight is 292 g/mol.